The van der Waals surface area contributed by atoms with Crippen molar-refractivity contribution in [2.75, 3.05) is 40.0 Å². The molecule has 0 unspecified atom stereocenters. The van der Waals surface area contributed by atoms with E-state index in [2.05, 4.69) is 15.9 Å². The van der Waals surface area contributed by atoms with Gasteiger partial charge in [0.25, 0.3) is 0 Å². The average molecular weight is 336 g/mol. The van der Waals surface area contributed by atoms with Gasteiger partial charge in [0.2, 0.25) is 10.0 Å². The Morgan fingerprint density at radius 1 is 1.22 bits per heavy atom. The Morgan fingerprint density at radius 2 is 1.83 bits per heavy atom. The minimum absolute atomic E-state index is 0.145. The number of hydrogen-bond donors (Lipinski definition) is 1. The summed E-state index contributed by atoms with van der Waals surface area (Å²) >= 11 is 3.25. The van der Waals surface area contributed by atoms with E-state index in [1.54, 1.807) is 19.2 Å². The predicted octanol–water partition coefficient (Wildman–Crippen LogP) is 1.21. The fourth-order valence-electron chi connectivity index (χ4n) is 1.38. The van der Waals surface area contributed by atoms with Crippen LogP contribution in [0.2, 0.25) is 0 Å². The third-order valence-electron chi connectivity index (χ3n) is 2.52. The molecule has 0 aliphatic heterocycles. The zero-order valence-electron chi connectivity index (χ0n) is 10.7. The van der Waals surface area contributed by atoms with Gasteiger partial charge in [0, 0.05) is 24.6 Å². The van der Waals surface area contributed by atoms with Gasteiger partial charge in [0.05, 0.1) is 5.69 Å². The number of rotatable bonds is 5. The van der Waals surface area contributed by atoms with Crippen LogP contribution < -0.4 is 5.73 Å². The molecule has 102 valence electrons. The summed E-state index contributed by atoms with van der Waals surface area (Å²) in [6.45, 7) is 1.08. The number of nitrogens with zero attached hydrogens (tertiary/aromatic N) is 2. The van der Waals surface area contributed by atoms with Gasteiger partial charge in [0.1, 0.15) is 4.90 Å². The summed E-state index contributed by atoms with van der Waals surface area (Å²) in [4.78, 5) is 2.07. The Bertz CT molecular complexity index is 517. The number of likely N-dealkylation sites (N-methyl/N-ethyl adjacent to an activating group) is 2. The van der Waals surface area contributed by atoms with Gasteiger partial charge in [-0.15, -0.1) is 0 Å². The molecule has 0 aromatic heterocycles. The van der Waals surface area contributed by atoms with Crippen molar-refractivity contribution >= 4 is 31.6 Å². The summed E-state index contributed by atoms with van der Waals surface area (Å²) in [5, 5.41) is 0. The molecule has 0 aliphatic rings. The summed E-state index contributed by atoms with van der Waals surface area (Å²) in [5.41, 5.74) is 6.01. The van der Waals surface area contributed by atoms with E-state index in [4.69, 9.17) is 5.73 Å². The van der Waals surface area contributed by atoms with Gasteiger partial charge >= 0.3 is 0 Å². The van der Waals surface area contributed by atoms with Gasteiger partial charge in [-0.3, -0.25) is 0 Å². The standard InChI is InChI=1S/C11H18BrN3O2S/c1-14(2)6-7-15(3)18(16,17)11-5-4-9(12)8-10(11)13/h4-5,8H,6-7,13H2,1-3H3. The molecule has 0 fully saturated rings. The van der Waals surface area contributed by atoms with Crippen molar-refractivity contribution in [3.63, 3.8) is 0 Å². The van der Waals surface area contributed by atoms with Crippen molar-refractivity contribution in [1.82, 2.24) is 9.21 Å². The van der Waals surface area contributed by atoms with Crippen molar-refractivity contribution in [3.05, 3.63) is 22.7 Å². The average Bonchev–Trinajstić information content (AvgIpc) is 2.24. The van der Waals surface area contributed by atoms with Gasteiger partial charge in [-0.2, -0.15) is 4.31 Å². The lowest BCUT2D eigenvalue weighted by Crippen LogP contribution is -2.33. The quantitative estimate of drug-likeness (QED) is 0.821. The Hall–Kier alpha value is -0.630. The van der Waals surface area contributed by atoms with Crippen molar-refractivity contribution < 1.29 is 8.42 Å². The van der Waals surface area contributed by atoms with E-state index < -0.39 is 10.0 Å². The lowest BCUT2D eigenvalue weighted by Gasteiger charge is -2.20. The number of hydrogen-bond acceptors (Lipinski definition) is 4. The molecule has 1 aromatic rings. The first-order chi connectivity index (χ1) is 8.25. The molecule has 5 nitrogen and oxygen atoms in total. The van der Waals surface area contributed by atoms with Crippen LogP contribution in [0.15, 0.2) is 27.6 Å². The summed E-state index contributed by atoms with van der Waals surface area (Å²) in [6, 6.07) is 4.77. The molecule has 0 bridgehead atoms. The highest BCUT2D eigenvalue weighted by molar-refractivity contribution is 9.10. The van der Waals surface area contributed by atoms with Gasteiger partial charge < -0.3 is 10.6 Å². The number of sulfonamides is 1. The fourth-order valence-corrected chi connectivity index (χ4v) is 3.02. The van der Waals surface area contributed by atoms with E-state index in [-0.39, 0.29) is 10.6 Å². The molecule has 0 heterocycles. The number of anilines is 1. The molecule has 0 saturated carbocycles. The zero-order chi connectivity index (χ0) is 13.9. The number of benzene rings is 1. The second-order valence-corrected chi connectivity index (χ2v) is 7.24. The minimum Gasteiger partial charge on any atom is -0.398 e. The Balaban J connectivity index is 2.98. The molecule has 18 heavy (non-hydrogen) atoms. The molecule has 0 radical (unpaired) electrons. The van der Waals surface area contributed by atoms with Gasteiger partial charge in [-0.25, -0.2) is 8.42 Å². The maximum atomic E-state index is 12.3. The normalized spacial score (nSPS) is 12.3. The SMILES string of the molecule is CN(C)CCN(C)S(=O)(=O)c1ccc(Br)cc1N. The van der Waals surface area contributed by atoms with Crippen LogP contribution in [-0.2, 0) is 10.0 Å². The number of nitrogens with two attached hydrogens (primary N) is 1. The van der Waals surface area contributed by atoms with E-state index in [0.717, 1.165) is 4.47 Å². The topological polar surface area (TPSA) is 66.6 Å². The van der Waals surface area contributed by atoms with Crippen LogP contribution >= 0.6 is 15.9 Å². The molecule has 0 atom stereocenters. The van der Waals surface area contributed by atoms with Gasteiger partial charge in [-0.05, 0) is 32.3 Å². The third-order valence-corrected chi connectivity index (χ3v) is 4.95. The van der Waals surface area contributed by atoms with Crippen molar-refractivity contribution in [2.24, 2.45) is 0 Å². The maximum Gasteiger partial charge on any atom is 0.244 e. The van der Waals surface area contributed by atoms with Crippen LogP contribution in [0.25, 0.3) is 0 Å². The van der Waals surface area contributed by atoms with Crippen molar-refractivity contribution in [3.8, 4) is 0 Å². The molecule has 7 heteroatoms. The first-order valence-electron chi connectivity index (χ1n) is 5.41. The molecule has 2 N–H and O–H groups in total. The van der Waals surface area contributed by atoms with Crippen LogP contribution in [0.5, 0.6) is 0 Å². The molecule has 0 spiro atoms. The zero-order valence-corrected chi connectivity index (χ0v) is 13.1. The van der Waals surface area contributed by atoms with Crippen LogP contribution in [0.3, 0.4) is 0 Å². The summed E-state index contributed by atoms with van der Waals surface area (Å²) in [6.07, 6.45) is 0. The van der Waals surface area contributed by atoms with Crippen LogP contribution in [-0.4, -0.2) is 51.9 Å². The van der Waals surface area contributed by atoms with Crippen LogP contribution in [0.1, 0.15) is 0 Å². The second kappa shape index (κ2) is 6.01. The number of nitrogen functional groups attached to an aromatic ring is 1. The molecular formula is C11H18BrN3O2S. The summed E-state index contributed by atoms with van der Waals surface area (Å²) in [5.74, 6) is 0. The predicted molar refractivity (Wildman–Crippen MR) is 76.9 cm³/mol. The maximum absolute atomic E-state index is 12.3. The lowest BCUT2D eigenvalue weighted by atomic mass is 10.3. The van der Waals surface area contributed by atoms with Gasteiger partial charge in [-0.1, -0.05) is 15.9 Å². The smallest absolute Gasteiger partial charge is 0.244 e. The van der Waals surface area contributed by atoms with Crippen LogP contribution in [0.4, 0.5) is 5.69 Å². The summed E-state index contributed by atoms with van der Waals surface area (Å²) < 4.78 is 26.6. The minimum atomic E-state index is -3.52. The molecular weight excluding hydrogens is 318 g/mol. The summed E-state index contributed by atoms with van der Waals surface area (Å²) in [7, 11) is 1.83. The Labute approximate surface area is 117 Å². The Kier molecular flexibility index (Phi) is 5.15. The van der Waals surface area contributed by atoms with Crippen molar-refractivity contribution in [1.29, 1.82) is 0 Å². The highest BCUT2D eigenvalue weighted by Crippen LogP contribution is 2.24. The van der Waals surface area contributed by atoms with E-state index in [0.29, 0.717) is 13.1 Å². The largest absolute Gasteiger partial charge is 0.398 e. The first kappa shape index (κ1) is 15.4. The van der Waals surface area contributed by atoms with Crippen LogP contribution in [0, 0.1) is 0 Å². The highest BCUT2D eigenvalue weighted by atomic mass is 79.9. The van der Waals surface area contributed by atoms with E-state index in [9.17, 15) is 8.42 Å². The van der Waals surface area contributed by atoms with E-state index in [1.165, 1.54) is 10.4 Å². The van der Waals surface area contributed by atoms with Crippen molar-refractivity contribution in [2.45, 2.75) is 4.90 Å². The monoisotopic (exact) mass is 335 g/mol. The van der Waals surface area contributed by atoms with E-state index >= 15 is 0 Å². The first-order valence-corrected chi connectivity index (χ1v) is 7.64. The second-order valence-electron chi connectivity index (χ2n) is 4.31. The molecule has 1 rings (SSSR count). The fraction of sp³-hybridized carbons (Fsp3) is 0.455. The Morgan fingerprint density at radius 3 is 2.33 bits per heavy atom. The van der Waals surface area contributed by atoms with Gasteiger partial charge in [0.15, 0.2) is 0 Å². The molecule has 0 aliphatic carbocycles. The highest BCUT2D eigenvalue weighted by Gasteiger charge is 2.23. The molecule has 1 aromatic carbocycles. The number of halogens is 1. The van der Waals surface area contributed by atoms with E-state index in [1.807, 2.05) is 19.0 Å². The molecule has 0 saturated heterocycles. The molecule has 0 amide bonds. The lowest BCUT2D eigenvalue weighted by molar-refractivity contribution is 0.358. The third kappa shape index (κ3) is 3.68.